The Balaban J connectivity index is 1.70. The molecule has 3 nitrogen and oxygen atoms in total. The van der Waals surface area contributed by atoms with Crippen LogP contribution in [-0.2, 0) is 12.8 Å². The lowest BCUT2D eigenvalue weighted by atomic mass is 10.0. The molecule has 1 unspecified atom stereocenters. The van der Waals surface area contributed by atoms with Crippen LogP contribution in [0.25, 0.3) is 0 Å². The van der Waals surface area contributed by atoms with Gasteiger partial charge in [0.05, 0.1) is 0 Å². The monoisotopic (exact) mass is 267 g/mol. The molecule has 1 atom stereocenters. The average molecular weight is 267 g/mol. The van der Waals surface area contributed by atoms with Gasteiger partial charge in [0.15, 0.2) is 0 Å². The second-order valence-electron chi connectivity index (χ2n) is 5.52. The summed E-state index contributed by atoms with van der Waals surface area (Å²) >= 11 is 0. The molecule has 2 N–H and O–H groups in total. The van der Waals surface area contributed by atoms with Crippen molar-refractivity contribution in [3.05, 3.63) is 59.4 Å². The molecule has 20 heavy (non-hydrogen) atoms. The molecule has 1 aliphatic rings. The molecule has 0 spiro atoms. The smallest absolute Gasteiger partial charge is 0.0399 e. The van der Waals surface area contributed by atoms with E-state index in [1.807, 2.05) is 19.3 Å². The van der Waals surface area contributed by atoms with E-state index in [1.165, 1.54) is 22.4 Å². The van der Waals surface area contributed by atoms with E-state index in [-0.39, 0.29) is 6.04 Å². The predicted molar refractivity (Wildman–Crippen MR) is 82.9 cm³/mol. The second kappa shape index (κ2) is 5.63. The fraction of sp³-hybridized carbons (Fsp3) is 0.353. The van der Waals surface area contributed by atoms with Gasteiger partial charge >= 0.3 is 0 Å². The lowest BCUT2D eigenvalue weighted by Crippen LogP contribution is -2.23. The summed E-state index contributed by atoms with van der Waals surface area (Å²) in [5.74, 6) is 0. The lowest BCUT2D eigenvalue weighted by Gasteiger charge is -2.20. The number of benzene rings is 1. The van der Waals surface area contributed by atoms with E-state index in [9.17, 15) is 0 Å². The number of hydrogen-bond donors (Lipinski definition) is 1. The maximum Gasteiger partial charge on any atom is 0.0399 e. The van der Waals surface area contributed by atoms with Gasteiger partial charge < -0.3 is 10.6 Å². The molecule has 104 valence electrons. The Hall–Kier alpha value is -1.87. The van der Waals surface area contributed by atoms with E-state index in [0.717, 1.165) is 25.9 Å². The van der Waals surface area contributed by atoms with Crippen molar-refractivity contribution in [1.29, 1.82) is 0 Å². The minimum absolute atomic E-state index is 0.117. The standard InChI is InChI=1S/C17H21N3/c1-13(18)15-2-3-17-16(12-15)7-11-20(17)10-6-14-4-8-19-9-5-14/h2-5,8-9,12-13H,6-7,10-11,18H2,1H3. The van der Waals surface area contributed by atoms with Crippen LogP contribution >= 0.6 is 0 Å². The molecule has 0 saturated heterocycles. The van der Waals surface area contributed by atoms with Gasteiger partial charge in [-0.25, -0.2) is 0 Å². The van der Waals surface area contributed by atoms with Crippen LogP contribution in [-0.4, -0.2) is 18.1 Å². The van der Waals surface area contributed by atoms with E-state index in [1.54, 1.807) is 0 Å². The van der Waals surface area contributed by atoms with Crippen LogP contribution in [0.1, 0.15) is 29.7 Å². The van der Waals surface area contributed by atoms with E-state index in [0.29, 0.717) is 0 Å². The van der Waals surface area contributed by atoms with E-state index in [2.05, 4.69) is 40.2 Å². The number of fused-ring (bicyclic) bond motifs is 1. The topological polar surface area (TPSA) is 42.1 Å². The minimum Gasteiger partial charge on any atom is -0.371 e. The highest BCUT2D eigenvalue weighted by Gasteiger charge is 2.19. The molecule has 1 aliphatic heterocycles. The number of aromatic nitrogens is 1. The SMILES string of the molecule is CC(N)c1ccc2c(c1)CCN2CCc1ccncc1. The first-order valence-corrected chi connectivity index (χ1v) is 7.26. The van der Waals surface area contributed by atoms with Gasteiger partial charge in [-0.2, -0.15) is 0 Å². The minimum atomic E-state index is 0.117. The molecule has 0 radical (unpaired) electrons. The van der Waals surface area contributed by atoms with Crippen molar-refractivity contribution < 1.29 is 0 Å². The summed E-state index contributed by atoms with van der Waals surface area (Å²) in [5, 5.41) is 0. The first-order valence-electron chi connectivity index (χ1n) is 7.26. The summed E-state index contributed by atoms with van der Waals surface area (Å²) in [7, 11) is 0. The molecule has 1 aromatic carbocycles. The molecule has 0 amide bonds. The Kier molecular flexibility index (Phi) is 3.70. The van der Waals surface area contributed by atoms with Crippen LogP contribution in [0.15, 0.2) is 42.7 Å². The van der Waals surface area contributed by atoms with Crippen molar-refractivity contribution in [2.75, 3.05) is 18.0 Å². The summed E-state index contributed by atoms with van der Waals surface area (Å²) in [6.45, 7) is 4.22. The maximum atomic E-state index is 5.96. The quantitative estimate of drug-likeness (QED) is 0.926. The van der Waals surface area contributed by atoms with Crippen LogP contribution in [0.5, 0.6) is 0 Å². The maximum absolute atomic E-state index is 5.96. The van der Waals surface area contributed by atoms with Crippen molar-refractivity contribution in [3.63, 3.8) is 0 Å². The first kappa shape index (κ1) is 13.1. The summed E-state index contributed by atoms with van der Waals surface area (Å²) < 4.78 is 0. The zero-order valence-corrected chi connectivity index (χ0v) is 11.9. The molecule has 0 saturated carbocycles. The number of nitrogens with zero attached hydrogens (tertiary/aromatic N) is 2. The average Bonchev–Trinajstić information content (AvgIpc) is 2.88. The third-order valence-corrected chi connectivity index (χ3v) is 4.04. The van der Waals surface area contributed by atoms with E-state index in [4.69, 9.17) is 5.73 Å². The highest BCUT2D eigenvalue weighted by Crippen LogP contribution is 2.30. The van der Waals surface area contributed by atoms with Crippen molar-refractivity contribution in [2.24, 2.45) is 5.73 Å². The molecule has 2 aromatic rings. The fourth-order valence-corrected chi connectivity index (χ4v) is 2.82. The van der Waals surface area contributed by atoms with Crippen LogP contribution in [0.3, 0.4) is 0 Å². The summed E-state index contributed by atoms with van der Waals surface area (Å²) in [6.07, 6.45) is 5.92. The second-order valence-corrected chi connectivity index (χ2v) is 5.52. The van der Waals surface area contributed by atoms with Crippen molar-refractivity contribution >= 4 is 5.69 Å². The van der Waals surface area contributed by atoms with Gasteiger partial charge in [-0.15, -0.1) is 0 Å². The molecule has 0 fully saturated rings. The number of hydrogen-bond acceptors (Lipinski definition) is 3. The van der Waals surface area contributed by atoms with Gasteiger partial charge in [-0.3, -0.25) is 4.98 Å². The molecular weight excluding hydrogens is 246 g/mol. The van der Waals surface area contributed by atoms with E-state index >= 15 is 0 Å². The first-order chi connectivity index (χ1) is 9.74. The van der Waals surface area contributed by atoms with Crippen LogP contribution < -0.4 is 10.6 Å². The number of anilines is 1. The number of rotatable bonds is 4. The van der Waals surface area contributed by atoms with Crippen molar-refractivity contribution in [3.8, 4) is 0 Å². The number of nitrogens with two attached hydrogens (primary N) is 1. The molecule has 0 bridgehead atoms. The van der Waals surface area contributed by atoms with Crippen LogP contribution in [0, 0.1) is 0 Å². The molecule has 3 rings (SSSR count). The Bertz CT molecular complexity index is 578. The van der Waals surface area contributed by atoms with Gasteiger partial charge in [-0.1, -0.05) is 12.1 Å². The van der Waals surface area contributed by atoms with Gasteiger partial charge in [0.25, 0.3) is 0 Å². The van der Waals surface area contributed by atoms with Crippen molar-refractivity contribution in [1.82, 2.24) is 4.98 Å². The highest BCUT2D eigenvalue weighted by atomic mass is 15.1. The van der Waals surface area contributed by atoms with Gasteiger partial charge in [0.2, 0.25) is 0 Å². The third-order valence-electron chi connectivity index (χ3n) is 4.04. The highest BCUT2D eigenvalue weighted by molar-refractivity contribution is 5.59. The summed E-state index contributed by atoms with van der Waals surface area (Å²) in [4.78, 5) is 6.53. The molecule has 3 heteroatoms. The largest absolute Gasteiger partial charge is 0.371 e. The Labute approximate surface area is 120 Å². The van der Waals surface area contributed by atoms with E-state index < -0.39 is 0 Å². The Morgan fingerprint density at radius 1 is 1.25 bits per heavy atom. The molecule has 0 aliphatic carbocycles. The van der Waals surface area contributed by atoms with Crippen LogP contribution in [0.2, 0.25) is 0 Å². The predicted octanol–water partition coefficient (Wildman–Crippen LogP) is 2.71. The summed E-state index contributed by atoms with van der Waals surface area (Å²) in [5.41, 5.74) is 11.4. The zero-order valence-electron chi connectivity index (χ0n) is 11.9. The van der Waals surface area contributed by atoms with Gasteiger partial charge in [0.1, 0.15) is 0 Å². The van der Waals surface area contributed by atoms with Crippen molar-refractivity contribution in [2.45, 2.75) is 25.8 Å². The Morgan fingerprint density at radius 3 is 2.80 bits per heavy atom. The van der Waals surface area contributed by atoms with Crippen LogP contribution in [0.4, 0.5) is 5.69 Å². The number of pyridine rings is 1. The van der Waals surface area contributed by atoms with Gasteiger partial charge in [-0.05, 0) is 54.7 Å². The molecule has 2 heterocycles. The molecular formula is C17H21N3. The molecule has 1 aromatic heterocycles. The lowest BCUT2D eigenvalue weighted by molar-refractivity contribution is 0.812. The Morgan fingerprint density at radius 2 is 2.05 bits per heavy atom. The van der Waals surface area contributed by atoms with Gasteiger partial charge in [0, 0.05) is 37.2 Å². The summed E-state index contributed by atoms with van der Waals surface area (Å²) in [6, 6.07) is 11.0. The third kappa shape index (κ3) is 2.68. The zero-order chi connectivity index (χ0) is 13.9. The fourth-order valence-electron chi connectivity index (χ4n) is 2.82. The normalized spacial score (nSPS) is 15.2.